The van der Waals surface area contributed by atoms with E-state index in [4.69, 9.17) is 0 Å². The maximum absolute atomic E-state index is 3.22. The van der Waals surface area contributed by atoms with Crippen LogP contribution in [0.4, 0.5) is 0 Å². The van der Waals surface area contributed by atoms with Crippen LogP contribution in [0.1, 0.15) is 25.3 Å². The van der Waals surface area contributed by atoms with Gasteiger partial charge in [0.05, 0.1) is 0 Å². The van der Waals surface area contributed by atoms with Crippen molar-refractivity contribution in [2.75, 3.05) is 13.6 Å². The highest BCUT2D eigenvalue weighted by molar-refractivity contribution is 5.15. The number of rotatable bonds is 4. The Morgan fingerprint density at radius 1 is 1.50 bits per heavy atom. The fourth-order valence-electron chi connectivity index (χ4n) is 1.53. The van der Waals surface area contributed by atoms with Crippen molar-refractivity contribution in [3.63, 3.8) is 0 Å². The fraction of sp³-hybridized carbons (Fsp3) is 0.600. The molecule has 2 heteroatoms. The quantitative estimate of drug-likeness (QED) is 0.703. The standard InChI is InChI=1S/C10H18N2/c1-8(2)10(7-11-3)9-4-5-12-6-9/h4-6,8,10-12H,7H2,1-3H3. The zero-order valence-corrected chi connectivity index (χ0v) is 8.09. The molecule has 1 aromatic heterocycles. The van der Waals surface area contributed by atoms with Crippen molar-refractivity contribution in [2.45, 2.75) is 19.8 Å². The van der Waals surface area contributed by atoms with Crippen molar-refractivity contribution in [3.05, 3.63) is 24.0 Å². The molecule has 0 saturated carbocycles. The highest BCUT2D eigenvalue weighted by Gasteiger charge is 2.14. The summed E-state index contributed by atoms with van der Waals surface area (Å²) in [6, 6.07) is 2.15. The molecule has 0 aliphatic rings. The molecule has 2 nitrogen and oxygen atoms in total. The Hall–Kier alpha value is -0.760. The summed E-state index contributed by atoms with van der Waals surface area (Å²) in [6.45, 7) is 5.57. The van der Waals surface area contributed by atoms with Crippen molar-refractivity contribution in [1.29, 1.82) is 0 Å². The van der Waals surface area contributed by atoms with Crippen molar-refractivity contribution in [3.8, 4) is 0 Å². The number of hydrogen-bond acceptors (Lipinski definition) is 1. The predicted molar refractivity (Wildman–Crippen MR) is 52.3 cm³/mol. The maximum Gasteiger partial charge on any atom is 0.00407 e. The van der Waals surface area contributed by atoms with Gasteiger partial charge in [-0.2, -0.15) is 0 Å². The van der Waals surface area contributed by atoms with Crippen LogP contribution in [-0.4, -0.2) is 18.6 Å². The van der Waals surface area contributed by atoms with Crippen LogP contribution in [0.2, 0.25) is 0 Å². The van der Waals surface area contributed by atoms with E-state index in [9.17, 15) is 0 Å². The van der Waals surface area contributed by atoms with E-state index in [0.717, 1.165) is 6.54 Å². The lowest BCUT2D eigenvalue weighted by Crippen LogP contribution is -2.20. The van der Waals surface area contributed by atoms with Crippen LogP contribution in [0, 0.1) is 5.92 Å². The first-order chi connectivity index (χ1) is 5.75. The van der Waals surface area contributed by atoms with E-state index in [1.807, 2.05) is 13.2 Å². The number of aromatic amines is 1. The van der Waals surface area contributed by atoms with E-state index in [2.05, 4.69) is 36.4 Å². The molecule has 0 bridgehead atoms. The average Bonchev–Trinajstić information content (AvgIpc) is 2.51. The Morgan fingerprint density at radius 3 is 2.67 bits per heavy atom. The van der Waals surface area contributed by atoms with Crippen LogP contribution in [0.5, 0.6) is 0 Å². The number of likely N-dealkylation sites (N-methyl/N-ethyl adjacent to an activating group) is 1. The third-order valence-corrected chi connectivity index (χ3v) is 2.28. The van der Waals surface area contributed by atoms with Gasteiger partial charge in [0.1, 0.15) is 0 Å². The van der Waals surface area contributed by atoms with Gasteiger partial charge in [0.2, 0.25) is 0 Å². The Bertz CT molecular complexity index is 202. The molecule has 0 aromatic carbocycles. The summed E-state index contributed by atoms with van der Waals surface area (Å²) in [7, 11) is 2.00. The van der Waals surface area contributed by atoms with E-state index in [0.29, 0.717) is 11.8 Å². The Labute approximate surface area is 74.4 Å². The van der Waals surface area contributed by atoms with Gasteiger partial charge in [-0.3, -0.25) is 0 Å². The van der Waals surface area contributed by atoms with Gasteiger partial charge in [-0.15, -0.1) is 0 Å². The van der Waals surface area contributed by atoms with Gasteiger partial charge in [-0.05, 0) is 24.6 Å². The number of H-pyrrole nitrogens is 1. The van der Waals surface area contributed by atoms with Gasteiger partial charge >= 0.3 is 0 Å². The lowest BCUT2D eigenvalue weighted by Gasteiger charge is -2.19. The van der Waals surface area contributed by atoms with Crippen LogP contribution in [0.25, 0.3) is 0 Å². The van der Waals surface area contributed by atoms with Gasteiger partial charge in [-0.1, -0.05) is 13.8 Å². The Morgan fingerprint density at radius 2 is 2.25 bits per heavy atom. The minimum Gasteiger partial charge on any atom is -0.367 e. The first kappa shape index (κ1) is 9.33. The van der Waals surface area contributed by atoms with Gasteiger partial charge in [0, 0.05) is 24.9 Å². The number of nitrogens with one attached hydrogen (secondary N) is 2. The van der Waals surface area contributed by atoms with E-state index >= 15 is 0 Å². The topological polar surface area (TPSA) is 27.8 Å². The molecule has 0 amide bonds. The first-order valence-electron chi connectivity index (χ1n) is 4.53. The van der Waals surface area contributed by atoms with Crippen molar-refractivity contribution >= 4 is 0 Å². The van der Waals surface area contributed by atoms with E-state index in [-0.39, 0.29) is 0 Å². The van der Waals surface area contributed by atoms with Crippen LogP contribution < -0.4 is 5.32 Å². The summed E-state index contributed by atoms with van der Waals surface area (Å²) < 4.78 is 0. The van der Waals surface area contributed by atoms with Crippen molar-refractivity contribution in [1.82, 2.24) is 10.3 Å². The summed E-state index contributed by atoms with van der Waals surface area (Å²) in [5, 5.41) is 3.22. The van der Waals surface area contributed by atoms with Crippen molar-refractivity contribution < 1.29 is 0 Å². The Kier molecular flexibility index (Phi) is 3.35. The van der Waals surface area contributed by atoms with Gasteiger partial charge in [-0.25, -0.2) is 0 Å². The minimum atomic E-state index is 0.626. The highest BCUT2D eigenvalue weighted by Crippen LogP contribution is 2.22. The third kappa shape index (κ3) is 2.11. The molecular formula is C10H18N2. The molecule has 0 aliphatic heterocycles. The second-order valence-electron chi connectivity index (χ2n) is 3.55. The molecule has 0 fully saturated rings. The molecule has 1 atom stereocenters. The smallest absolute Gasteiger partial charge is 0.00407 e. The predicted octanol–water partition coefficient (Wildman–Crippen LogP) is 1.97. The van der Waals surface area contributed by atoms with E-state index < -0.39 is 0 Å². The molecule has 1 rings (SSSR count). The molecule has 0 aliphatic carbocycles. The molecule has 1 aromatic rings. The minimum absolute atomic E-state index is 0.626. The molecule has 68 valence electrons. The average molecular weight is 166 g/mol. The highest BCUT2D eigenvalue weighted by atomic mass is 14.8. The molecule has 1 unspecified atom stereocenters. The zero-order chi connectivity index (χ0) is 8.97. The number of hydrogen-bond donors (Lipinski definition) is 2. The van der Waals surface area contributed by atoms with Crippen LogP contribution in [-0.2, 0) is 0 Å². The van der Waals surface area contributed by atoms with E-state index in [1.165, 1.54) is 5.56 Å². The van der Waals surface area contributed by atoms with Gasteiger partial charge < -0.3 is 10.3 Å². The summed E-state index contributed by atoms with van der Waals surface area (Å²) in [4.78, 5) is 3.10. The van der Waals surface area contributed by atoms with Crippen LogP contribution >= 0.6 is 0 Å². The molecular weight excluding hydrogens is 148 g/mol. The normalized spacial score (nSPS) is 13.7. The lowest BCUT2D eigenvalue weighted by molar-refractivity contribution is 0.479. The second-order valence-corrected chi connectivity index (χ2v) is 3.55. The van der Waals surface area contributed by atoms with E-state index in [1.54, 1.807) is 0 Å². The van der Waals surface area contributed by atoms with Crippen LogP contribution in [0.15, 0.2) is 18.5 Å². The molecule has 0 spiro atoms. The monoisotopic (exact) mass is 166 g/mol. The summed E-state index contributed by atoms with van der Waals surface area (Å²) in [5.74, 6) is 1.31. The first-order valence-corrected chi connectivity index (χ1v) is 4.53. The molecule has 2 N–H and O–H groups in total. The zero-order valence-electron chi connectivity index (χ0n) is 8.09. The molecule has 12 heavy (non-hydrogen) atoms. The molecule has 0 radical (unpaired) electrons. The lowest BCUT2D eigenvalue weighted by atomic mass is 9.90. The summed E-state index contributed by atoms with van der Waals surface area (Å²) in [6.07, 6.45) is 4.07. The van der Waals surface area contributed by atoms with Crippen LogP contribution in [0.3, 0.4) is 0 Å². The third-order valence-electron chi connectivity index (χ3n) is 2.28. The molecule has 1 heterocycles. The summed E-state index contributed by atoms with van der Waals surface area (Å²) in [5.41, 5.74) is 1.40. The second kappa shape index (κ2) is 4.31. The fourth-order valence-corrected chi connectivity index (χ4v) is 1.53. The van der Waals surface area contributed by atoms with Crippen molar-refractivity contribution in [2.24, 2.45) is 5.92 Å². The van der Waals surface area contributed by atoms with Gasteiger partial charge in [0.25, 0.3) is 0 Å². The Balaban J connectivity index is 2.66. The molecule has 0 saturated heterocycles. The summed E-state index contributed by atoms with van der Waals surface area (Å²) >= 11 is 0. The van der Waals surface area contributed by atoms with Gasteiger partial charge in [0.15, 0.2) is 0 Å². The SMILES string of the molecule is CNCC(c1cc[nH]c1)C(C)C. The number of aromatic nitrogens is 1. The largest absolute Gasteiger partial charge is 0.367 e. The maximum atomic E-state index is 3.22.